The Balaban J connectivity index is 1.41. The number of nitrogens with zero attached hydrogens (tertiary/aromatic N) is 6. The number of nitrogens with one attached hydrogen (secondary N) is 1. The zero-order valence-electron chi connectivity index (χ0n) is 14.8. The standard InChI is InChI=1S/C18H13N7O3S/c19-8-11(17-20-12-4-1-2-5-13(12)21-17)14(26)10-28-16(27)9-25-23-18(22-24-25)15-6-3-7-29-15/h1-7,26H,9-10H2,(H,20,21)/b14-11-. The van der Waals surface area contributed by atoms with Crippen LogP contribution in [-0.4, -0.2) is 47.9 Å². The topological polar surface area (TPSA) is 143 Å². The Kier molecular flexibility index (Phi) is 5.00. The molecule has 2 N–H and O–H groups in total. The maximum atomic E-state index is 12.0. The van der Waals surface area contributed by atoms with Crippen LogP contribution in [0.2, 0.25) is 0 Å². The maximum absolute atomic E-state index is 12.0. The van der Waals surface area contributed by atoms with Crippen LogP contribution < -0.4 is 0 Å². The molecule has 0 saturated heterocycles. The highest BCUT2D eigenvalue weighted by atomic mass is 32.1. The quantitative estimate of drug-likeness (QED) is 0.282. The second-order valence-corrected chi connectivity index (χ2v) is 6.77. The van der Waals surface area contributed by atoms with Crippen LogP contribution in [0.4, 0.5) is 0 Å². The Bertz CT molecular complexity index is 1200. The van der Waals surface area contributed by atoms with E-state index < -0.39 is 18.3 Å². The second kappa shape index (κ2) is 7.91. The Morgan fingerprint density at radius 2 is 2.17 bits per heavy atom. The highest BCUT2D eigenvalue weighted by Crippen LogP contribution is 2.20. The lowest BCUT2D eigenvalue weighted by Crippen LogP contribution is -2.17. The van der Waals surface area contributed by atoms with Gasteiger partial charge < -0.3 is 14.8 Å². The summed E-state index contributed by atoms with van der Waals surface area (Å²) >= 11 is 1.45. The van der Waals surface area contributed by atoms with Gasteiger partial charge in [0.15, 0.2) is 18.1 Å². The molecule has 29 heavy (non-hydrogen) atoms. The van der Waals surface area contributed by atoms with Crippen LogP contribution in [-0.2, 0) is 16.1 Å². The van der Waals surface area contributed by atoms with Gasteiger partial charge in [-0.3, -0.25) is 0 Å². The number of thiophene rings is 1. The molecule has 3 aromatic heterocycles. The summed E-state index contributed by atoms with van der Waals surface area (Å²) in [6.07, 6.45) is 0. The fraction of sp³-hybridized carbons (Fsp3) is 0.111. The molecule has 0 radical (unpaired) electrons. The van der Waals surface area contributed by atoms with E-state index in [2.05, 4.69) is 25.4 Å². The van der Waals surface area contributed by atoms with Crippen LogP contribution in [0, 0.1) is 11.3 Å². The number of fused-ring (bicyclic) bond motifs is 1. The van der Waals surface area contributed by atoms with Crippen molar-refractivity contribution in [3.8, 4) is 16.8 Å². The normalized spacial score (nSPS) is 11.8. The van der Waals surface area contributed by atoms with Gasteiger partial charge >= 0.3 is 5.97 Å². The van der Waals surface area contributed by atoms with E-state index >= 15 is 0 Å². The van der Waals surface area contributed by atoms with E-state index in [1.54, 1.807) is 12.1 Å². The number of hydrogen-bond acceptors (Lipinski definition) is 9. The summed E-state index contributed by atoms with van der Waals surface area (Å²) in [6.45, 7) is -0.760. The minimum Gasteiger partial charge on any atom is -0.507 e. The summed E-state index contributed by atoms with van der Waals surface area (Å²) in [5, 5.41) is 33.2. The SMILES string of the molecule is N#C/C(=C(/O)COC(=O)Cn1nnc(-c2cccs2)n1)c1nc2ccccc2[nH]1. The predicted octanol–water partition coefficient (Wildman–Crippen LogP) is 2.31. The number of nitriles is 1. The molecule has 144 valence electrons. The molecule has 4 aromatic rings. The number of benzene rings is 1. The minimum atomic E-state index is -0.687. The molecule has 4 rings (SSSR count). The third kappa shape index (κ3) is 3.97. The van der Waals surface area contributed by atoms with Gasteiger partial charge in [-0.1, -0.05) is 18.2 Å². The van der Waals surface area contributed by atoms with Crippen molar-refractivity contribution in [3.05, 3.63) is 53.4 Å². The van der Waals surface area contributed by atoms with Crippen molar-refractivity contribution in [2.75, 3.05) is 6.61 Å². The van der Waals surface area contributed by atoms with Crippen LogP contribution in [0.25, 0.3) is 27.3 Å². The fourth-order valence-corrected chi connectivity index (χ4v) is 3.17. The van der Waals surface area contributed by atoms with Gasteiger partial charge in [0.25, 0.3) is 0 Å². The summed E-state index contributed by atoms with van der Waals surface area (Å²) in [4.78, 5) is 21.1. The predicted molar refractivity (Wildman–Crippen MR) is 103 cm³/mol. The molecule has 0 spiro atoms. The number of esters is 1. The number of aromatic nitrogens is 6. The van der Waals surface area contributed by atoms with Crippen LogP contribution >= 0.6 is 11.3 Å². The Morgan fingerprint density at radius 3 is 2.93 bits per heavy atom. The molecule has 0 bridgehead atoms. The van der Waals surface area contributed by atoms with Gasteiger partial charge in [-0.15, -0.1) is 21.5 Å². The van der Waals surface area contributed by atoms with Crippen molar-refractivity contribution in [3.63, 3.8) is 0 Å². The third-order valence-electron chi connectivity index (χ3n) is 3.86. The van der Waals surface area contributed by atoms with Crippen LogP contribution in [0.3, 0.4) is 0 Å². The van der Waals surface area contributed by atoms with Crippen molar-refractivity contribution in [2.45, 2.75) is 6.54 Å². The summed E-state index contributed by atoms with van der Waals surface area (Å²) in [7, 11) is 0. The molecule has 0 unspecified atom stereocenters. The molecule has 10 nitrogen and oxygen atoms in total. The highest BCUT2D eigenvalue weighted by molar-refractivity contribution is 7.13. The smallest absolute Gasteiger partial charge is 0.330 e. The average Bonchev–Trinajstić information content (AvgIpc) is 3.46. The first-order chi connectivity index (χ1) is 14.1. The molecule has 3 heterocycles. The Morgan fingerprint density at radius 1 is 1.31 bits per heavy atom. The van der Waals surface area contributed by atoms with E-state index in [0.29, 0.717) is 11.3 Å². The minimum absolute atomic E-state index is 0.104. The molecule has 0 aliphatic rings. The lowest BCUT2D eigenvalue weighted by molar-refractivity contribution is -0.144. The largest absolute Gasteiger partial charge is 0.507 e. The number of H-pyrrole nitrogens is 1. The zero-order chi connectivity index (χ0) is 20.2. The van der Waals surface area contributed by atoms with Gasteiger partial charge in [-0.25, -0.2) is 9.78 Å². The first-order valence-electron chi connectivity index (χ1n) is 8.38. The number of rotatable bonds is 6. The summed E-state index contributed by atoms with van der Waals surface area (Å²) in [6, 6.07) is 12.8. The van der Waals surface area contributed by atoms with Gasteiger partial charge in [0, 0.05) is 0 Å². The number of aliphatic hydroxyl groups excluding tert-OH is 1. The van der Waals surface area contributed by atoms with E-state index in [-0.39, 0.29) is 17.9 Å². The Labute approximate surface area is 167 Å². The molecule has 0 atom stereocenters. The average molecular weight is 407 g/mol. The van der Waals surface area contributed by atoms with Gasteiger partial charge in [0.05, 0.1) is 15.9 Å². The highest BCUT2D eigenvalue weighted by Gasteiger charge is 2.16. The summed E-state index contributed by atoms with van der Waals surface area (Å²) in [5.41, 5.74) is 1.27. The van der Waals surface area contributed by atoms with E-state index in [4.69, 9.17) is 4.74 Å². The Hall–Kier alpha value is -4.04. The summed E-state index contributed by atoms with van der Waals surface area (Å²) in [5.74, 6) is -0.493. The number of imidazole rings is 1. The number of aliphatic hydroxyl groups is 1. The lowest BCUT2D eigenvalue weighted by atomic mass is 10.2. The van der Waals surface area contributed by atoms with Crippen molar-refractivity contribution in [2.24, 2.45) is 0 Å². The van der Waals surface area contributed by atoms with Crippen molar-refractivity contribution < 1.29 is 14.6 Å². The molecular formula is C18H13N7O3S. The number of hydrogen-bond donors (Lipinski definition) is 2. The monoisotopic (exact) mass is 407 g/mol. The maximum Gasteiger partial charge on any atom is 0.330 e. The molecule has 0 saturated carbocycles. The number of aromatic amines is 1. The number of carbonyl (C=O) groups excluding carboxylic acids is 1. The molecule has 0 amide bonds. The number of tetrazole rings is 1. The first kappa shape index (κ1) is 18.3. The molecule has 0 aliphatic heterocycles. The van der Waals surface area contributed by atoms with Gasteiger partial charge in [-0.2, -0.15) is 10.1 Å². The molecule has 0 aliphatic carbocycles. The van der Waals surface area contributed by atoms with E-state index in [0.717, 1.165) is 15.2 Å². The number of allylic oxidation sites excluding steroid dienone is 1. The molecule has 11 heteroatoms. The second-order valence-electron chi connectivity index (χ2n) is 5.82. The number of carbonyl (C=O) groups is 1. The zero-order valence-corrected chi connectivity index (χ0v) is 15.6. The van der Waals surface area contributed by atoms with Crippen LogP contribution in [0.15, 0.2) is 47.5 Å². The van der Waals surface area contributed by atoms with Crippen molar-refractivity contribution in [1.29, 1.82) is 5.26 Å². The number of para-hydroxylation sites is 2. The van der Waals surface area contributed by atoms with Crippen molar-refractivity contribution in [1.82, 2.24) is 30.2 Å². The van der Waals surface area contributed by atoms with Gasteiger partial charge in [0.2, 0.25) is 5.82 Å². The fourth-order valence-electron chi connectivity index (χ4n) is 2.52. The molecule has 0 fully saturated rings. The van der Waals surface area contributed by atoms with Crippen molar-refractivity contribution >= 4 is 33.9 Å². The van der Waals surface area contributed by atoms with Gasteiger partial charge in [0.1, 0.15) is 18.2 Å². The van der Waals surface area contributed by atoms with E-state index in [1.165, 1.54) is 11.3 Å². The van der Waals surface area contributed by atoms with E-state index in [1.807, 2.05) is 35.7 Å². The summed E-state index contributed by atoms with van der Waals surface area (Å²) < 4.78 is 5.02. The van der Waals surface area contributed by atoms with Crippen LogP contribution in [0.5, 0.6) is 0 Å². The third-order valence-corrected chi connectivity index (χ3v) is 4.73. The van der Waals surface area contributed by atoms with Crippen LogP contribution in [0.1, 0.15) is 5.82 Å². The number of ether oxygens (including phenoxy) is 1. The molecular weight excluding hydrogens is 394 g/mol. The van der Waals surface area contributed by atoms with E-state index in [9.17, 15) is 15.2 Å². The molecule has 1 aromatic carbocycles. The first-order valence-corrected chi connectivity index (χ1v) is 9.26. The van der Waals surface area contributed by atoms with Gasteiger partial charge in [-0.05, 0) is 28.8 Å². The lowest BCUT2D eigenvalue weighted by Gasteiger charge is -2.05.